The predicted octanol–water partition coefficient (Wildman–Crippen LogP) is 0.0608. The summed E-state index contributed by atoms with van der Waals surface area (Å²) >= 11 is -0.647. The van der Waals surface area contributed by atoms with E-state index in [-0.39, 0.29) is 0 Å². The molecule has 0 spiro atoms. The molecule has 2 aromatic heterocycles. The van der Waals surface area contributed by atoms with Crippen LogP contribution < -0.4 is 26.4 Å². The number of benzene rings is 1. The second-order valence-corrected chi connectivity index (χ2v) is 7.16. The van der Waals surface area contributed by atoms with E-state index in [0.29, 0.717) is 33.7 Å². The first-order valence-electron chi connectivity index (χ1n) is 6.99. The number of carbonyl (C=O) groups is 1. The van der Waals surface area contributed by atoms with Crippen molar-refractivity contribution in [3.63, 3.8) is 0 Å². The van der Waals surface area contributed by atoms with Gasteiger partial charge in [0.15, 0.2) is 0 Å². The Morgan fingerprint density at radius 3 is 2.58 bits per heavy atom. The number of carbonyl (C=O) groups excluding carboxylic acids is 1. The Kier molecular flexibility index (Phi) is 4.28. The average Bonchev–Trinajstić information content (AvgIpc) is 2.82. The van der Waals surface area contributed by atoms with Crippen LogP contribution in [0.1, 0.15) is 5.56 Å². The van der Waals surface area contributed by atoms with Crippen LogP contribution >= 0.6 is 0 Å². The van der Waals surface area contributed by atoms with Gasteiger partial charge < -0.3 is 0 Å². The topological polar surface area (TPSA) is 135 Å². The van der Waals surface area contributed by atoms with Crippen molar-refractivity contribution >= 4 is 46.9 Å². The molecule has 1 aromatic carbocycles. The fraction of sp³-hybridized carbons (Fsp3) is 0.133. The Morgan fingerprint density at radius 2 is 1.96 bits per heavy atom. The molecule has 6 N–H and O–H groups in total. The summed E-state index contributed by atoms with van der Waals surface area (Å²) in [6.07, 6.45) is 1.38. The van der Waals surface area contributed by atoms with Crippen LogP contribution in [0.2, 0.25) is 0 Å². The molecule has 0 saturated carbocycles. The van der Waals surface area contributed by atoms with Crippen LogP contribution in [-0.2, 0) is 6.54 Å². The minimum atomic E-state index is -0.647. The number of aromatic nitrogens is 3. The Hall–Kier alpha value is -2.77. The Balaban J connectivity index is 2.11. The number of fused-ring (bicyclic) bond motifs is 1. The van der Waals surface area contributed by atoms with E-state index in [1.807, 2.05) is 28.8 Å². The third kappa shape index (κ3) is 2.86. The first kappa shape index (κ1) is 16.1. The molecular weight excluding hydrogens is 375 g/mol. The van der Waals surface area contributed by atoms with Crippen LogP contribution in [0.5, 0.6) is 5.75 Å². The number of amides is 1. The molecule has 0 aliphatic heterocycles. The molecule has 0 unspecified atom stereocenters. The molecule has 124 valence electrons. The van der Waals surface area contributed by atoms with E-state index >= 15 is 0 Å². The monoisotopic (exact) mass is 392 g/mol. The summed E-state index contributed by atoms with van der Waals surface area (Å²) in [7, 11) is 1.62. The Morgan fingerprint density at radius 1 is 1.25 bits per heavy atom. The summed E-state index contributed by atoms with van der Waals surface area (Å²) in [6.45, 7) is 0.484. The van der Waals surface area contributed by atoms with E-state index in [4.69, 9.17) is 21.9 Å². The second kappa shape index (κ2) is 6.38. The fourth-order valence-corrected chi connectivity index (χ4v) is 3.95. The van der Waals surface area contributed by atoms with Gasteiger partial charge in [-0.2, -0.15) is 0 Å². The Labute approximate surface area is 144 Å². The first-order chi connectivity index (χ1) is 11.5. The Bertz CT molecular complexity index is 906. The predicted molar refractivity (Wildman–Crippen MR) is 93.4 cm³/mol. The molecule has 3 aromatic rings. The first-order valence-corrected chi connectivity index (χ1v) is 8.71. The summed E-state index contributed by atoms with van der Waals surface area (Å²) < 4.78 is 7.60. The number of nitrogens with zero attached hydrogens (tertiary/aromatic N) is 3. The summed E-state index contributed by atoms with van der Waals surface area (Å²) in [5.74, 6) is 1.50. The third-order valence-electron chi connectivity index (χ3n) is 3.57. The van der Waals surface area contributed by atoms with Crippen molar-refractivity contribution in [1.29, 1.82) is 0 Å². The van der Waals surface area contributed by atoms with Gasteiger partial charge in [-0.05, 0) is 0 Å². The molecule has 0 saturated heterocycles. The van der Waals surface area contributed by atoms with E-state index in [1.165, 1.54) is 6.33 Å². The van der Waals surface area contributed by atoms with Gasteiger partial charge in [0, 0.05) is 0 Å². The molecule has 0 atom stereocenters. The fourth-order valence-electron chi connectivity index (χ4n) is 2.45. The molecule has 3 rings (SSSR count). The van der Waals surface area contributed by atoms with E-state index < -0.39 is 19.8 Å². The second-order valence-electron chi connectivity index (χ2n) is 5.03. The third-order valence-corrected chi connectivity index (χ3v) is 5.28. The number of nitrogens with two attached hydrogens (primary N) is 3. The van der Waals surface area contributed by atoms with Gasteiger partial charge in [-0.25, -0.2) is 0 Å². The number of nitrogen functional groups attached to an aromatic ring is 2. The van der Waals surface area contributed by atoms with E-state index in [9.17, 15) is 4.79 Å². The number of rotatable bonds is 5. The van der Waals surface area contributed by atoms with Crippen molar-refractivity contribution in [2.45, 2.75) is 6.54 Å². The van der Waals surface area contributed by atoms with Crippen LogP contribution in [0, 0.1) is 0 Å². The van der Waals surface area contributed by atoms with Gasteiger partial charge in [0.25, 0.3) is 0 Å². The van der Waals surface area contributed by atoms with Crippen molar-refractivity contribution in [3.05, 3.63) is 36.2 Å². The van der Waals surface area contributed by atoms with Crippen LogP contribution in [0.15, 0.2) is 30.6 Å². The zero-order valence-corrected chi connectivity index (χ0v) is 14.6. The molecule has 0 fully saturated rings. The van der Waals surface area contributed by atoms with Crippen LogP contribution in [0.3, 0.4) is 0 Å². The number of hydrogen-bond acceptors (Lipinski definition) is 6. The minimum absolute atomic E-state index is 0.290. The molecular formula is C15H16N6O2Se. The standard InChI is InChI=1S/C15H16N6O2Se/c1-23-9-4-2-8(3-5-9)6-21-13(17)11(24-15(18)22)10-12(16)19-7-20-14(10)21/h2-5,7H,6,17H2,1H3,(H2,18,22)(H2,16,19,20). The summed E-state index contributed by atoms with van der Waals surface area (Å²) in [5.41, 5.74) is 19.2. The molecule has 0 aliphatic carbocycles. The van der Waals surface area contributed by atoms with Crippen molar-refractivity contribution in [3.8, 4) is 5.75 Å². The van der Waals surface area contributed by atoms with Crippen molar-refractivity contribution < 1.29 is 9.53 Å². The van der Waals surface area contributed by atoms with Gasteiger partial charge >= 0.3 is 144 Å². The van der Waals surface area contributed by atoms with Crippen LogP contribution in [0.25, 0.3) is 11.0 Å². The number of methoxy groups -OCH3 is 1. The van der Waals surface area contributed by atoms with Gasteiger partial charge in [-0.15, -0.1) is 0 Å². The van der Waals surface area contributed by atoms with E-state index in [0.717, 1.165) is 11.3 Å². The molecule has 1 amide bonds. The van der Waals surface area contributed by atoms with Crippen LogP contribution in [-0.4, -0.2) is 41.4 Å². The van der Waals surface area contributed by atoms with Gasteiger partial charge in [-0.3, -0.25) is 0 Å². The van der Waals surface area contributed by atoms with E-state index in [2.05, 4.69) is 9.97 Å². The molecule has 0 aliphatic rings. The molecule has 0 bridgehead atoms. The summed E-state index contributed by atoms with van der Waals surface area (Å²) in [5, 5.41) is 0.599. The molecule has 9 heteroatoms. The van der Waals surface area contributed by atoms with Gasteiger partial charge in [-0.1, -0.05) is 0 Å². The maximum atomic E-state index is 11.4. The average molecular weight is 391 g/mol. The quantitative estimate of drug-likeness (QED) is 0.527. The molecule has 24 heavy (non-hydrogen) atoms. The normalized spacial score (nSPS) is 10.9. The zero-order chi connectivity index (χ0) is 17.3. The number of anilines is 2. The summed E-state index contributed by atoms with van der Waals surface area (Å²) in [4.78, 5) is 19.3. The van der Waals surface area contributed by atoms with Crippen molar-refractivity contribution in [1.82, 2.24) is 14.5 Å². The van der Waals surface area contributed by atoms with Gasteiger partial charge in [0.05, 0.1) is 0 Å². The zero-order valence-electron chi connectivity index (χ0n) is 12.9. The van der Waals surface area contributed by atoms with Gasteiger partial charge in [0.2, 0.25) is 0 Å². The summed E-state index contributed by atoms with van der Waals surface area (Å²) in [6, 6.07) is 7.62. The van der Waals surface area contributed by atoms with Crippen molar-refractivity contribution in [2.75, 3.05) is 18.6 Å². The molecule has 8 nitrogen and oxygen atoms in total. The van der Waals surface area contributed by atoms with E-state index in [1.54, 1.807) is 7.11 Å². The number of ether oxygens (including phenoxy) is 1. The van der Waals surface area contributed by atoms with Crippen LogP contribution in [0.4, 0.5) is 16.4 Å². The van der Waals surface area contributed by atoms with Gasteiger partial charge in [0.1, 0.15) is 0 Å². The SMILES string of the molecule is COc1ccc(Cn2c(N)c([Se]C(N)=O)c3c(N)ncnc32)cc1. The maximum absolute atomic E-state index is 11.4. The number of hydrogen-bond donors (Lipinski definition) is 3. The number of primary amides is 1. The van der Waals surface area contributed by atoms with Crippen molar-refractivity contribution in [2.24, 2.45) is 5.73 Å². The molecule has 2 heterocycles. The molecule has 0 radical (unpaired) electrons.